The molecule has 0 saturated heterocycles. The number of hydrogen-bond donors (Lipinski definition) is 2. The number of rotatable bonds is 6. The van der Waals surface area contributed by atoms with Gasteiger partial charge in [0.2, 0.25) is 0 Å². The van der Waals surface area contributed by atoms with Gasteiger partial charge in [-0.2, -0.15) is 0 Å². The molecule has 1 aromatic rings. The molecule has 0 aliphatic carbocycles. The lowest BCUT2D eigenvalue weighted by Gasteiger charge is -2.15. The minimum atomic E-state index is 0.191. The maximum absolute atomic E-state index is 5.55. The number of nitrogens with one attached hydrogen (secondary N) is 1. The van der Waals surface area contributed by atoms with Crippen LogP contribution in [0, 0.1) is 6.92 Å². The average Bonchev–Trinajstić information content (AvgIpc) is 2.24. The molecule has 1 rings (SSSR count). The van der Waals surface area contributed by atoms with Gasteiger partial charge in [-0.3, -0.25) is 16.3 Å². The van der Waals surface area contributed by atoms with E-state index in [1.54, 1.807) is 0 Å². The molecule has 0 aliphatic rings. The van der Waals surface area contributed by atoms with Gasteiger partial charge in [0.15, 0.2) is 0 Å². The second-order valence-corrected chi connectivity index (χ2v) is 3.92. The molecule has 0 aliphatic heterocycles. The van der Waals surface area contributed by atoms with E-state index in [1.807, 2.05) is 25.1 Å². The largest absolute Gasteiger partial charge is 0.271 e. The number of aryl methyl sites for hydroxylation is 1. The second kappa shape index (κ2) is 6.53. The van der Waals surface area contributed by atoms with Crippen LogP contribution >= 0.6 is 0 Å². The average molecular weight is 207 g/mol. The number of hydrogen-bond acceptors (Lipinski definition) is 3. The first-order valence-electron chi connectivity index (χ1n) is 5.67. The third kappa shape index (κ3) is 3.98. The molecule has 84 valence electrons. The first-order chi connectivity index (χ1) is 7.27. The summed E-state index contributed by atoms with van der Waals surface area (Å²) in [6.45, 7) is 4.21. The molecule has 0 radical (unpaired) electrons. The molecule has 0 aromatic carbocycles. The number of unbranched alkanes of at least 4 members (excludes halogenated alkanes) is 2. The summed E-state index contributed by atoms with van der Waals surface area (Å²) in [6, 6.07) is 6.26. The van der Waals surface area contributed by atoms with Crippen molar-refractivity contribution in [3.63, 3.8) is 0 Å². The minimum Gasteiger partial charge on any atom is -0.271 e. The number of nitrogens with zero attached hydrogens (tertiary/aromatic N) is 1. The van der Waals surface area contributed by atoms with Crippen molar-refractivity contribution in [2.45, 2.75) is 45.6 Å². The lowest BCUT2D eigenvalue weighted by molar-refractivity contribution is 0.476. The number of hydrazine groups is 1. The molecule has 1 aromatic heterocycles. The van der Waals surface area contributed by atoms with E-state index in [-0.39, 0.29) is 6.04 Å². The maximum Gasteiger partial charge on any atom is 0.0632 e. The molecule has 0 fully saturated rings. The Hall–Kier alpha value is -0.930. The van der Waals surface area contributed by atoms with E-state index < -0.39 is 0 Å². The van der Waals surface area contributed by atoms with Crippen LogP contribution < -0.4 is 11.3 Å². The Labute approximate surface area is 92.1 Å². The van der Waals surface area contributed by atoms with Crippen LogP contribution in [0.1, 0.15) is 50.0 Å². The Kier molecular flexibility index (Phi) is 5.29. The lowest BCUT2D eigenvalue weighted by Crippen LogP contribution is -2.28. The molecule has 0 bridgehead atoms. The molecule has 1 atom stereocenters. The predicted molar refractivity (Wildman–Crippen MR) is 63.2 cm³/mol. The van der Waals surface area contributed by atoms with E-state index in [4.69, 9.17) is 5.84 Å². The Morgan fingerprint density at radius 2 is 2.20 bits per heavy atom. The van der Waals surface area contributed by atoms with Crippen molar-refractivity contribution in [1.82, 2.24) is 10.4 Å². The second-order valence-electron chi connectivity index (χ2n) is 3.92. The van der Waals surface area contributed by atoms with E-state index in [9.17, 15) is 0 Å². The summed E-state index contributed by atoms with van der Waals surface area (Å²) in [5.74, 6) is 5.55. The van der Waals surface area contributed by atoms with Crippen molar-refractivity contribution < 1.29 is 0 Å². The fraction of sp³-hybridized carbons (Fsp3) is 0.583. The van der Waals surface area contributed by atoms with E-state index in [0.717, 1.165) is 17.8 Å². The number of aromatic nitrogens is 1. The van der Waals surface area contributed by atoms with E-state index in [2.05, 4.69) is 17.3 Å². The summed E-state index contributed by atoms with van der Waals surface area (Å²) < 4.78 is 0. The molecule has 3 N–H and O–H groups in total. The van der Waals surface area contributed by atoms with Gasteiger partial charge in [-0.15, -0.1) is 0 Å². The van der Waals surface area contributed by atoms with Crippen molar-refractivity contribution in [3.8, 4) is 0 Å². The topological polar surface area (TPSA) is 50.9 Å². The highest BCUT2D eigenvalue weighted by Gasteiger charge is 2.09. The van der Waals surface area contributed by atoms with Crippen LogP contribution in [-0.4, -0.2) is 4.98 Å². The summed E-state index contributed by atoms with van der Waals surface area (Å²) in [6.07, 6.45) is 4.74. The van der Waals surface area contributed by atoms with Crippen LogP contribution in [0.4, 0.5) is 0 Å². The fourth-order valence-corrected chi connectivity index (χ4v) is 1.67. The Balaban J connectivity index is 2.57. The van der Waals surface area contributed by atoms with Gasteiger partial charge < -0.3 is 0 Å². The van der Waals surface area contributed by atoms with Gasteiger partial charge in [-0.05, 0) is 25.5 Å². The molecule has 15 heavy (non-hydrogen) atoms. The Bertz CT molecular complexity index is 286. The van der Waals surface area contributed by atoms with Crippen molar-refractivity contribution in [2.24, 2.45) is 5.84 Å². The highest BCUT2D eigenvalue weighted by atomic mass is 15.2. The van der Waals surface area contributed by atoms with Crippen molar-refractivity contribution >= 4 is 0 Å². The Morgan fingerprint density at radius 1 is 1.40 bits per heavy atom. The normalized spacial score (nSPS) is 12.7. The van der Waals surface area contributed by atoms with Crippen LogP contribution in [0.25, 0.3) is 0 Å². The van der Waals surface area contributed by atoms with Crippen LogP contribution in [0.15, 0.2) is 18.2 Å². The zero-order valence-corrected chi connectivity index (χ0v) is 9.66. The van der Waals surface area contributed by atoms with Gasteiger partial charge in [0, 0.05) is 5.69 Å². The molecule has 0 spiro atoms. The van der Waals surface area contributed by atoms with Crippen molar-refractivity contribution in [1.29, 1.82) is 0 Å². The summed E-state index contributed by atoms with van der Waals surface area (Å²) >= 11 is 0. The highest BCUT2D eigenvalue weighted by Crippen LogP contribution is 2.17. The fourth-order valence-electron chi connectivity index (χ4n) is 1.67. The van der Waals surface area contributed by atoms with Crippen molar-refractivity contribution in [2.75, 3.05) is 0 Å². The standard InChI is InChI=1S/C12H21N3/c1-3-4-5-8-12(15-13)11-9-6-7-10(2)14-11/h6-7,9,12,15H,3-5,8,13H2,1-2H3. The van der Waals surface area contributed by atoms with Gasteiger partial charge >= 0.3 is 0 Å². The van der Waals surface area contributed by atoms with Crippen LogP contribution in [0.2, 0.25) is 0 Å². The smallest absolute Gasteiger partial charge is 0.0632 e. The maximum atomic E-state index is 5.55. The van der Waals surface area contributed by atoms with Gasteiger partial charge in [0.05, 0.1) is 11.7 Å². The quantitative estimate of drug-likeness (QED) is 0.428. The summed E-state index contributed by atoms with van der Waals surface area (Å²) in [7, 11) is 0. The molecule has 0 amide bonds. The SMILES string of the molecule is CCCCCC(NN)c1cccc(C)n1. The third-order valence-electron chi connectivity index (χ3n) is 2.56. The third-order valence-corrected chi connectivity index (χ3v) is 2.56. The van der Waals surface area contributed by atoms with Gasteiger partial charge in [0.25, 0.3) is 0 Å². The summed E-state index contributed by atoms with van der Waals surface area (Å²) in [4.78, 5) is 4.48. The van der Waals surface area contributed by atoms with E-state index in [1.165, 1.54) is 19.3 Å². The highest BCUT2D eigenvalue weighted by molar-refractivity contribution is 5.13. The zero-order valence-electron chi connectivity index (χ0n) is 9.66. The number of pyridine rings is 1. The Morgan fingerprint density at radius 3 is 2.80 bits per heavy atom. The van der Waals surface area contributed by atoms with Gasteiger partial charge in [-0.25, -0.2) is 0 Å². The molecular weight excluding hydrogens is 186 g/mol. The van der Waals surface area contributed by atoms with Crippen LogP contribution in [0.5, 0.6) is 0 Å². The summed E-state index contributed by atoms with van der Waals surface area (Å²) in [5.41, 5.74) is 4.94. The molecular formula is C12H21N3. The first-order valence-corrected chi connectivity index (χ1v) is 5.67. The number of nitrogens with two attached hydrogens (primary N) is 1. The van der Waals surface area contributed by atoms with Crippen molar-refractivity contribution in [3.05, 3.63) is 29.6 Å². The molecule has 3 nitrogen and oxygen atoms in total. The zero-order chi connectivity index (χ0) is 11.1. The molecule has 0 saturated carbocycles. The van der Waals surface area contributed by atoms with Gasteiger partial charge in [0.1, 0.15) is 0 Å². The monoisotopic (exact) mass is 207 g/mol. The van der Waals surface area contributed by atoms with E-state index >= 15 is 0 Å². The molecule has 1 heterocycles. The van der Waals surface area contributed by atoms with Crippen LogP contribution in [0.3, 0.4) is 0 Å². The predicted octanol–water partition coefficient (Wildman–Crippen LogP) is 2.47. The van der Waals surface area contributed by atoms with E-state index in [0.29, 0.717) is 0 Å². The van der Waals surface area contributed by atoms with Crippen LogP contribution in [-0.2, 0) is 0 Å². The first kappa shape index (κ1) is 12.1. The van der Waals surface area contributed by atoms with Gasteiger partial charge in [-0.1, -0.05) is 32.3 Å². The molecule has 3 heteroatoms. The lowest BCUT2D eigenvalue weighted by atomic mass is 10.1. The summed E-state index contributed by atoms with van der Waals surface area (Å²) in [5, 5.41) is 0. The molecule has 1 unspecified atom stereocenters. The minimum absolute atomic E-state index is 0.191.